The zero-order chi connectivity index (χ0) is 16.1. The van der Waals surface area contributed by atoms with Gasteiger partial charge in [0.15, 0.2) is 0 Å². The Labute approximate surface area is 142 Å². The van der Waals surface area contributed by atoms with E-state index in [2.05, 4.69) is 43.3 Å². The fourth-order valence-electron chi connectivity index (χ4n) is 2.55. The molecule has 3 aromatic carbocycles. The monoisotopic (exact) mass is 320 g/mol. The van der Waals surface area contributed by atoms with E-state index < -0.39 is 6.10 Å². The van der Waals surface area contributed by atoms with Gasteiger partial charge in [0.2, 0.25) is 0 Å². The smallest absolute Gasteiger partial charge is 0.0952 e. The van der Waals surface area contributed by atoms with Crippen molar-refractivity contribution in [3.05, 3.63) is 102 Å². The highest BCUT2D eigenvalue weighted by atomic mass is 32.2. The summed E-state index contributed by atoms with van der Waals surface area (Å²) >= 11 is 1.70. The van der Waals surface area contributed by atoms with Crippen LogP contribution in [0.2, 0.25) is 0 Å². The predicted octanol–water partition coefficient (Wildman–Crippen LogP) is 5.56. The highest BCUT2D eigenvalue weighted by Crippen LogP contribution is 2.43. The van der Waals surface area contributed by atoms with Gasteiger partial charge >= 0.3 is 0 Å². The first-order valence-corrected chi connectivity index (χ1v) is 8.63. The second kappa shape index (κ2) is 7.49. The van der Waals surface area contributed by atoms with Gasteiger partial charge in [-0.25, -0.2) is 0 Å². The summed E-state index contributed by atoms with van der Waals surface area (Å²) in [6.45, 7) is 2.09. The molecule has 0 aliphatic heterocycles. The fraction of sp³-hybridized carbons (Fsp3) is 0.143. The second-order valence-electron chi connectivity index (χ2n) is 5.62. The maximum absolute atomic E-state index is 10.9. The third-order valence-electron chi connectivity index (χ3n) is 3.84. The van der Waals surface area contributed by atoms with Gasteiger partial charge in [0.1, 0.15) is 0 Å². The highest BCUT2D eigenvalue weighted by molar-refractivity contribution is 7.99. The summed E-state index contributed by atoms with van der Waals surface area (Å²) in [5.74, 6) is 0. The van der Waals surface area contributed by atoms with Crippen molar-refractivity contribution in [2.75, 3.05) is 0 Å². The third-order valence-corrected chi connectivity index (χ3v) is 5.17. The van der Waals surface area contributed by atoms with Crippen molar-refractivity contribution in [3.8, 4) is 0 Å². The van der Waals surface area contributed by atoms with Gasteiger partial charge in [-0.15, -0.1) is 11.8 Å². The van der Waals surface area contributed by atoms with Crippen molar-refractivity contribution >= 4 is 11.8 Å². The van der Waals surface area contributed by atoms with Crippen LogP contribution in [0.4, 0.5) is 0 Å². The molecule has 0 heterocycles. The Morgan fingerprint density at radius 2 is 1.22 bits per heavy atom. The number of benzene rings is 3. The summed E-state index contributed by atoms with van der Waals surface area (Å²) in [7, 11) is 0. The van der Waals surface area contributed by atoms with Gasteiger partial charge in [0.05, 0.1) is 11.4 Å². The predicted molar refractivity (Wildman–Crippen MR) is 97.6 cm³/mol. The van der Waals surface area contributed by atoms with E-state index >= 15 is 0 Å². The van der Waals surface area contributed by atoms with E-state index in [0.717, 1.165) is 11.1 Å². The fourth-order valence-corrected chi connectivity index (χ4v) is 3.71. The topological polar surface area (TPSA) is 20.2 Å². The van der Waals surface area contributed by atoms with E-state index in [1.807, 2.05) is 48.5 Å². The summed E-state index contributed by atoms with van der Waals surface area (Å²) < 4.78 is 0. The minimum absolute atomic E-state index is 0.0405. The van der Waals surface area contributed by atoms with Crippen molar-refractivity contribution in [2.45, 2.75) is 23.2 Å². The van der Waals surface area contributed by atoms with Crippen molar-refractivity contribution in [3.63, 3.8) is 0 Å². The molecule has 2 atom stereocenters. The zero-order valence-electron chi connectivity index (χ0n) is 13.1. The van der Waals surface area contributed by atoms with Gasteiger partial charge in [-0.3, -0.25) is 0 Å². The molecule has 0 bridgehead atoms. The molecule has 116 valence electrons. The summed E-state index contributed by atoms with van der Waals surface area (Å²) in [6.07, 6.45) is -0.551. The molecule has 2 heteroatoms. The molecule has 0 saturated carbocycles. The highest BCUT2D eigenvalue weighted by Gasteiger charge is 2.23. The lowest BCUT2D eigenvalue weighted by molar-refractivity contribution is 0.175. The van der Waals surface area contributed by atoms with Crippen molar-refractivity contribution < 1.29 is 5.11 Å². The molecule has 0 unspecified atom stereocenters. The third kappa shape index (κ3) is 4.04. The van der Waals surface area contributed by atoms with Crippen LogP contribution in [0.15, 0.2) is 89.8 Å². The lowest BCUT2D eigenvalue weighted by Crippen LogP contribution is -2.08. The molecular weight excluding hydrogens is 300 g/mol. The Hall–Kier alpha value is -2.03. The molecule has 0 spiro atoms. The van der Waals surface area contributed by atoms with Crippen LogP contribution in [-0.4, -0.2) is 5.11 Å². The summed E-state index contributed by atoms with van der Waals surface area (Å²) in [4.78, 5) is 1.17. The lowest BCUT2D eigenvalue weighted by Gasteiger charge is -2.23. The maximum Gasteiger partial charge on any atom is 0.0952 e. The number of aliphatic hydroxyl groups is 1. The van der Waals surface area contributed by atoms with E-state index in [1.165, 1.54) is 10.5 Å². The Balaban J connectivity index is 1.92. The number of aliphatic hydroxyl groups excluding tert-OH is 1. The Morgan fingerprint density at radius 3 is 1.78 bits per heavy atom. The van der Waals surface area contributed by atoms with Gasteiger partial charge in [0.25, 0.3) is 0 Å². The van der Waals surface area contributed by atoms with Crippen molar-refractivity contribution in [1.29, 1.82) is 0 Å². The Kier molecular flexibility index (Phi) is 5.16. The van der Waals surface area contributed by atoms with Crippen LogP contribution in [0.5, 0.6) is 0 Å². The molecule has 3 aromatic rings. The first-order valence-electron chi connectivity index (χ1n) is 7.75. The average molecular weight is 320 g/mol. The van der Waals surface area contributed by atoms with E-state index in [9.17, 15) is 5.11 Å². The van der Waals surface area contributed by atoms with Crippen LogP contribution in [0, 0.1) is 6.92 Å². The second-order valence-corrected chi connectivity index (χ2v) is 6.83. The lowest BCUT2D eigenvalue weighted by atomic mass is 10.0. The first kappa shape index (κ1) is 15.9. The summed E-state index contributed by atoms with van der Waals surface area (Å²) in [6, 6.07) is 28.6. The first-order chi connectivity index (χ1) is 11.2. The number of hydrogen-bond acceptors (Lipinski definition) is 2. The molecule has 0 aliphatic rings. The molecule has 0 aromatic heterocycles. The molecule has 0 amide bonds. The molecular formula is C21H20OS. The van der Waals surface area contributed by atoms with Gasteiger partial charge < -0.3 is 5.11 Å². The summed E-state index contributed by atoms with van der Waals surface area (Å²) in [5, 5.41) is 10.9. The van der Waals surface area contributed by atoms with Crippen molar-refractivity contribution in [2.24, 2.45) is 0 Å². The van der Waals surface area contributed by atoms with Crippen LogP contribution in [0.3, 0.4) is 0 Å². The minimum atomic E-state index is -0.551. The van der Waals surface area contributed by atoms with E-state index in [1.54, 1.807) is 11.8 Å². The van der Waals surface area contributed by atoms with Gasteiger partial charge in [0, 0.05) is 4.90 Å². The van der Waals surface area contributed by atoms with Crippen LogP contribution in [0.1, 0.15) is 28.0 Å². The van der Waals surface area contributed by atoms with Gasteiger partial charge in [-0.2, -0.15) is 0 Å². The molecule has 1 N–H and O–H groups in total. The zero-order valence-corrected chi connectivity index (χ0v) is 13.9. The van der Waals surface area contributed by atoms with Crippen LogP contribution in [-0.2, 0) is 0 Å². The van der Waals surface area contributed by atoms with E-state index in [-0.39, 0.29) is 5.25 Å². The molecule has 3 rings (SSSR count). The van der Waals surface area contributed by atoms with Gasteiger partial charge in [-0.05, 0) is 30.2 Å². The number of aryl methyl sites for hydroxylation is 1. The average Bonchev–Trinajstić information content (AvgIpc) is 2.62. The van der Waals surface area contributed by atoms with Gasteiger partial charge in [-0.1, -0.05) is 78.4 Å². The van der Waals surface area contributed by atoms with Crippen molar-refractivity contribution in [1.82, 2.24) is 0 Å². The van der Waals surface area contributed by atoms with Crippen LogP contribution >= 0.6 is 11.8 Å². The van der Waals surface area contributed by atoms with Crippen LogP contribution < -0.4 is 0 Å². The Morgan fingerprint density at radius 1 is 0.696 bits per heavy atom. The molecule has 0 radical (unpaired) electrons. The van der Waals surface area contributed by atoms with E-state index in [4.69, 9.17) is 0 Å². The SMILES string of the molecule is Cc1ccc(S[C@@H](c2ccccc2)[C@@H](O)c2ccccc2)cc1. The number of rotatable bonds is 5. The normalized spacial score (nSPS) is 13.5. The van der Waals surface area contributed by atoms with Crippen LogP contribution in [0.25, 0.3) is 0 Å². The molecule has 0 fully saturated rings. The largest absolute Gasteiger partial charge is 0.387 e. The molecule has 0 saturated heterocycles. The Bertz CT molecular complexity index is 723. The number of hydrogen-bond donors (Lipinski definition) is 1. The number of thioether (sulfide) groups is 1. The minimum Gasteiger partial charge on any atom is -0.387 e. The summed E-state index contributed by atoms with van der Waals surface area (Å²) in [5.41, 5.74) is 3.32. The maximum atomic E-state index is 10.9. The standard InChI is InChI=1S/C21H20OS/c1-16-12-14-19(15-13-16)23-21(18-10-6-3-7-11-18)20(22)17-8-4-2-5-9-17/h2-15,20-22H,1H3/t20-,21-/m0/s1. The molecule has 1 nitrogen and oxygen atoms in total. The van der Waals surface area contributed by atoms with E-state index in [0.29, 0.717) is 0 Å². The molecule has 0 aliphatic carbocycles. The quantitative estimate of drug-likeness (QED) is 0.621. The molecule has 23 heavy (non-hydrogen) atoms.